The third-order valence-electron chi connectivity index (χ3n) is 6.62. The number of amides is 1. The second kappa shape index (κ2) is 6.82. The Labute approximate surface area is 162 Å². The van der Waals surface area contributed by atoms with E-state index in [-0.39, 0.29) is 23.7 Å². The summed E-state index contributed by atoms with van der Waals surface area (Å²) < 4.78 is 18.1. The molecule has 0 atom stereocenters. The van der Waals surface area contributed by atoms with Crippen molar-refractivity contribution in [3.63, 3.8) is 0 Å². The van der Waals surface area contributed by atoms with Crippen LogP contribution < -0.4 is 15.1 Å². The minimum Gasteiger partial charge on any atom is -0.482 e. The molecule has 0 N–H and O–H groups in total. The number of nitrogens with zero attached hydrogens (tertiary/aromatic N) is 1. The maximum absolute atomic E-state index is 12.6. The first-order valence-corrected chi connectivity index (χ1v) is 10.2. The van der Waals surface area contributed by atoms with Gasteiger partial charge in [0.25, 0.3) is 5.91 Å². The number of anilines is 1. The molecular weight excluding hydrogens is 341 g/mol. The molecule has 0 radical (unpaired) electrons. The van der Waals surface area contributed by atoms with Gasteiger partial charge in [-0.3, -0.25) is 4.79 Å². The standard InChI is InChI=1S/C21H30BNO4/c1-20(2)21(3,4)27-22(26-20)16-10-11-18-17(12-16)23(19(24)14-25-18)13-15-8-6-5-7-9-15/h10-12,15H,5-9,13-14H2,1-4H3. The molecule has 0 bridgehead atoms. The smallest absolute Gasteiger partial charge is 0.482 e. The van der Waals surface area contributed by atoms with Gasteiger partial charge in [-0.15, -0.1) is 0 Å². The number of rotatable bonds is 3. The van der Waals surface area contributed by atoms with Crippen LogP contribution in [0.15, 0.2) is 18.2 Å². The van der Waals surface area contributed by atoms with E-state index in [0.29, 0.717) is 5.92 Å². The van der Waals surface area contributed by atoms with Crippen molar-refractivity contribution in [3.05, 3.63) is 18.2 Å². The lowest BCUT2D eigenvalue weighted by molar-refractivity contribution is -0.121. The summed E-state index contributed by atoms with van der Waals surface area (Å²) in [4.78, 5) is 14.5. The van der Waals surface area contributed by atoms with Crippen LogP contribution in [0.1, 0.15) is 59.8 Å². The van der Waals surface area contributed by atoms with Crippen LogP contribution in [0, 0.1) is 5.92 Å². The Morgan fingerprint density at radius 2 is 1.74 bits per heavy atom. The number of carbonyl (C=O) groups is 1. The average molecular weight is 371 g/mol. The van der Waals surface area contributed by atoms with Gasteiger partial charge >= 0.3 is 7.12 Å². The average Bonchev–Trinajstić information content (AvgIpc) is 2.85. The van der Waals surface area contributed by atoms with E-state index in [1.54, 1.807) is 0 Å². The van der Waals surface area contributed by atoms with Gasteiger partial charge in [-0.2, -0.15) is 0 Å². The molecule has 0 aromatic heterocycles. The van der Waals surface area contributed by atoms with Crippen molar-refractivity contribution >= 4 is 24.2 Å². The number of fused-ring (bicyclic) bond motifs is 1. The van der Waals surface area contributed by atoms with E-state index < -0.39 is 7.12 Å². The summed E-state index contributed by atoms with van der Waals surface area (Å²) in [5, 5.41) is 0. The Morgan fingerprint density at radius 3 is 2.41 bits per heavy atom. The Morgan fingerprint density at radius 1 is 1.07 bits per heavy atom. The fourth-order valence-electron chi connectivity index (χ4n) is 4.17. The molecule has 5 nitrogen and oxygen atoms in total. The molecule has 146 valence electrons. The second-order valence-electron chi connectivity index (χ2n) is 9.11. The monoisotopic (exact) mass is 371 g/mol. The Balaban J connectivity index is 1.60. The van der Waals surface area contributed by atoms with Gasteiger partial charge in [0, 0.05) is 6.54 Å². The second-order valence-corrected chi connectivity index (χ2v) is 9.11. The number of carbonyl (C=O) groups excluding carboxylic acids is 1. The first kappa shape index (κ1) is 18.8. The van der Waals surface area contributed by atoms with E-state index in [0.717, 1.165) is 23.4 Å². The third-order valence-corrected chi connectivity index (χ3v) is 6.62. The van der Waals surface area contributed by atoms with Crippen molar-refractivity contribution < 1.29 is 18.8 Å². The van der Waals surface area contributed by atoms with Crippen LogP contribution in [0.3, 0.4) is 0 Å². The molecule has 3 aliphatic rings. The molecule has 6 heteroatoms. The fraction of sp³-hybridized carbons (Fsp3) is 0.667. The van der Waals surface area contributed by atoms with Crippen molar-refractivity contribution in [1.29, 1.82) is 0 Å². The fourth-order valence-corrected chi connectivity index (χ4v) is 4.17. The molecule has 2 aliphatic heterocycles. The van der Waals surface area contributed by atoms with Crippen molar-refractivity contribution in [1.82, 2.24) is 0 Å². The molecule has 4 rings (SSSR count). The van der Waals surface area contributed by atoms with Crippen LogP contribution in [0.5, 0.6) is 5.75 Å². The molecule has 1 aliphatic carbocycles. The van der Waals surface area contributed by atoms with Crippen molar-refractivity contribution in [2.45, 2.75) is 71.0 Å². The number of ether oxygens (including phenoxy) is 1. The van der Waals surface area contributed by atoms with Gasteiger partial charge in [-0.1, -0.05) is 25.3 Å². The molecule has 0 spiro atoms. The quantitative estimate of drug-likeness (QED) is 0.765. The molecule has 2 heterocycles. The van der Waals surface area contributed by atoms with E-state index in [9.17, 15) is 4.79 Å². The van der Waals surface area contributed by atoms with Crippen LogP contribution in [0.4, 0.5) is 5.69 Å². The topological polar surface area (TPSA) is 48.0 Å². The highest BCUT2D eigenvalue weighted by Crippen LogP contribution is 2.38. The number of hydrogen-bond acceptors (Lipinski definition) is 4. The zero-order valence-corrected chi connectivity index (χ0v) is 16.9. The largest absolute Gasteiger partial charge is 0.494 e. The highest BCUT2D eigenvalue weighted by molar-refractivity contribution is 6.62. The van der Waals surface area contributed by atoms with Gasteiger partial charge in [0.05, 0.1) is 16.9 Å². The van der Waals surface area contributed by atoms with Crippen molar-refractivity contribution in [2.24, 2.45) is 5.92 Å². The maximum Gasteiger partial charge on any atom is 0.494 e. The molecule has 27 heavy (non-hydrogen) atoms. The summed E-state index contributed by atoms with van der Waals surface area (Å²) in [7, 11) is -0.436. The van der Waals surface area contributed by atoms with E-state index in [2.05, 4.69) is 0 Å². The lowest BCUT2D eigenvalue weighted by Crippen LogP contribution is -2.43. The highest BCUT2D eigenvalue weighted by atomic mass is 16.7. The molecule has 1 saturated carbocycles. The molecule has 1 aromatic rings. The Bertz CT molecular complexity index is 711. The van der Waals surface area contributed by atoms with Gasteiger partial charge in [0.2, 0.25) is 0 Å². The SMILES string of the molecule is CC1(C)OB(c2ccc3c(c2)N(CC2CCCCC2)C(=O)CO3)OC1(C)C. The number of benzene rings is 1. The minimum atomic E-state index is -0.436. The highest BCUT2D eigenvalue weighted by Gasteiger charge is 2.52. The van der Waals surface area contributed by atoms with E-state index in [1.807, 2.05) is 50.8 Å². The lowest BCUT2D eigenvalue weighted by Gasteiger charge is -2.34. The van der Waals surface area contributed by atoms with Crippen LogP contribution >= 0.6 is 0 Å². The maximum atomic E-state index is 12.6. The van der Waals surface area contributed by atoms with Crippen molar-refractivity contribution in [3.8, 4) is 5.75 Å². The van der Waals surface area contributed by atoms with E-state index in [1.165, 1.54) is 32.1 Å². The van der Waals surface area contributed by atoms with Crippen LogP contribution in [0.25, 0.3) is 0 Å². The summed E-state index contributed by atoms with van der Waals surface area (Å²) in [6.45, 7) is 9.10. The molecule has 1 amide bonds. The third kappa shape index (κ3) is 3.50. The molecule has 0 unspecified atom stereocenters. The minimum absolute atomic E-state index is 0.0409. The normalized spacial score (nSPS) is 24.7. The van der Waals surface area contributed by atoms with Gasteiger partial charge in [-0.05, 0) is 64.1 Å². The lowest BCUT2D eigenvalue weighted by atomic mass is 9.78. The van der Waals surface area contributed by atoms with E-state index >= 15 is 0 Å². The molecule has 1 aromatic carbocycles. The molecular formula is C21H30BNO4. The van der Waals surface area contributed by atoms with Gasteiger partial charge in [-0.25, -0.2) is 0 Å². The first-order valence-electron chi connectivity index (χ1n) is 10.2. The zero-order chi connectivity index (χ0) is 19.2. The summed E-state index contributed by atoms with van der Waals surface area (Å²) in [6, 6.07) is 5.93. The Kier molecular flexibility index (Phi) is 4.75. The predicted molar refractivity (Wildman–Crippen MR) is 107 cm³/mol. The zero-order valence-electron chi connectivity index (χ0n) is 16.9. The molecule has 1 saturated heterocycles. The van der Waals surface area contributed by atoms with Crippen LogP contribution in [-0.2, 0) is 14.1 Å². The Hall–Kier alpha value is -1.53. The summed E-state index contributed by atoms with van der Waals surface area (Å²) >= 11 is 0. The molecule has 2 fully saturated rings. The first-order chi connectivity index (χ1) is 12.8. The van der Waals surface area contributed by atoms with E-state index in [4.69, 9.17) is 14.0 Å². The summed E-state index contributed by atoms with van der Waals surface area (Å²) in [5.74, 6) is 1.39. The van der Waals surface area contributed by atoms with Gasteiger partial charge in [0.15, 0.2) is 6.61 Å². The summed E-state index contributed by atoms with van der Waals surface area (Å²) in [5.41, 5.74) is 1.01. The van der Waals surface area contributed by atoms with Crippen LogP contribution in [-0.4, -0.2) is 37.4 Å². The number of hydrogen-bond donors (Lipinski definition) is 0. The van der Waals surface area contributed by atoms with Gasteiger partial charge < -0.3 is 18.9 Å². The van der Waals surface area contributed by atoms with Crippen LogP contribution in [0.2, 0.25) is 0 Å². The predicted octanol–water partition coefficient (Wildman–Crippen LogP) is 3.29. The summed E-state index contributed by atoms with van der Waals surface area (Å²) in [6.07, 6.45) is 6.26. The van der Waals surface area contributed by atoms with Gasteiger partial charge in [0.1, 0.15) is 5.75 Å². The van der Waals surface area contributed by atoms with Crippen molar-refractivity contribution in [2.75, 3.05) is 18.1 Å².